The van der Waals surface area contributed by atoms with Gasteiger partial charge in [-0.2, -0.15) is 16.8 Å². The first-order chi connectivity index (χ1) is 21.2. The highest BCUT2D eigenvalue weighted by Gasteiger charge is 2.32. The Labute approximate surface area is 255 Å². The highest BCUT2D eigenvalue weighted by molar-refractivity contribution is 7.86. The zero-order valence-electron chi connectivity index (χ0n) is 23.1. The molecule has 0 fully saturated rings. The molecule has 1 aliphatic carbocycles. The molecule has 0 saturated heterocycles. The fourth-order valence-corrected chi connectivity index (χ4v) is 6.28. The van der Waals surface area contributed by atoms with E-state index in [9.17, 15) is 40.6 Å². The third-order valence-electron chi connectivity index (χ3n) is 6.72. The lowest BCUT2D eigenvalue weighted by molar-refractivity contribution is 0.0497. The molecule has 45 heavy (non-hydrogen) atoms. The fraction of sp³-hybridized carbons (Fsp3) is 0.222. The number of carboxylic acids is 1. The van der Waals surface area contributed by atoms with Crippen LogP contribution >= 0.6 is 0 Å². The van der Waals surface area contributed by atoms with Gasteiger partial charge >= 0.3 is 11.9 Å². The molecule has 236 valence electrons. The predicted octanol–water partition coefficient (Wildman–Crippen LogP) is 4.49. The molecule has 18 heteroatoms. The van der Waals surface area contributed by atoms with Crippen LogP contribution in [0, 0.1) is 5.41 Å². The number of fused-ring (bicyclic) bond motifs is 2. The highest BCUT2D eigenvalue weighted by Crippen LogP contribution is 2.45. The van der Waals surface area contributed by atoms with Gasteiger partial charge in [-0.25, -0.2) is 9.59 Å². The summed E-state index contributed by atoms with van der Waals surface area (Å²) >= 11 is 0. The zero-order chi connectivity index (χ0) is 33.1. The normalized spacial score (nSPS) is 11.8. The number of aromatic carboxylic acids is 1. The lowest BCUT2D eigenvalue weighted by Crippen LogP contribution is -2.16. The molecule has 0 unspecified atom stereocenters. The molecule has 6 N–H and O–H groups in total. The van der Waals surface area contributed by atoms with Crippen LogP contribution in [-0.2, 0) is 25.0 Å². The number of rotatable bonds is 12. The number of azide groups is 1. The van der Waals surface area contributed by atoms with Crippen molar-refractivity contribution in [1.29, 1.82) is 5.41 Å². The Balaban J connectivity index is 1.89. The van der Waals surface area contributed by atoms with E-state index < -0.39 is 69.9 Å². The molecule has 2 aliphatic rings. The summed E-state index contributed by atoms with van der Waals surface area (Å²) in [4.78, 5) is 25.9. The number of nitrogen functional groups attached to an aromatic ring is 1. The minimum absolute atomic E-state index is 0.0354. The van der Waals surface area contributed by atoms with Crippen LogP contribution in [0.2, 0.25) is 0 Å². The number of ether oxygens (including phenoxy) is 1. The van der Waals surface area contributed by atoms with Crippen LogP contribution in [0.3, 0.4) is 0 Å². The first-order valence-electron chi connectivity index (χ1n) is 13.0. The van der Waals surface area contributed by atoms with Crippen LogP contribution in [0.1, 0.15) is 46.4 Å². The summed E-state index contributed by atoms with van der Waals surface area (Å²) in [5.74, 6) is -3.08. The van der Waals surface area contributed by atoms with Crippen molar-refractivity contribution in [3.8, 4) is 22.5 Å². The number of benzene rings is 3. The Morgan fingerprint density at radius 1 is 0.956 bits per heavy atom. The zero-order valence-corrected chi connectivity index (χ0v) is 24.8. The van der Waals surface area contributed by atoms with Crippen molar-refractivity contribution < 1.29 is 49.8 Å². The maximum Gasteiger partial charge on any atom is 0.338 e. The number of anilines is 1. The summed E-state index contributed by atoms with van der Waals surface area (Å²) in [5, 5.41) is 20.8. The van der Waals surface area contributed by atoms with E-state index in [2.05, 4.69) is 10.0 Å². The average molecular weight is 660 g/mol. The molecule has 1 heterocycles. The molecule has 16 nitrogen and oxygen atoms in total. The number of hydrogen-bond acceptors (Lipinski definition) is 11. The second-order valence-electron chi connectivity index (χ2n) is 9.68. The van der Waals surface area contributed by atoms with Gasteiger partial charge in [0.05, 0.1) is 28.8 Å². The third kappa shape index (κ3) is 6.89. The highest BCUT2D eigenvalue weighted by atomic mass is 32.2. The van der Waals surface area contributed by atoms with Gasteiger partial charge in [0.2, 0.25) is 0 Å². The first kappa shape index (κ1) is 32.9. The average Bonchev–Trinajstić information content (AvgIpc) is 2.95. The van der Waals surface area contributed by atoms with E-state index in [-0.39, 0.29) is 34.2 Å². The Hall–Kier alpha value is -5.00. The summed E-state index contributed by atoms with van der Waals surface area (Å²) < 4.78 is 80.0. The third-order valence-corrected chi connectivity index (χ3v) is 8.58. The van der Waals surface area contributed by atoms with Crippen LogP contribution < -0.4 is 11.1 Å². The lowest BCUT2D eigenvalue weighted by atomic mass is 9.89. The van der Waals surface area contributed by atoms with Crippen LogP contribution in [0.4, 0.5) is 5.69 Å². The molecule has 0 atom stereocenters. The van der Waals surface area contributed by atoms with E-state index in [0.717, 1.165) is 24.6 Å². The Kier molecular flexibility index (Phi) is 9.45. The molecule has 0 bridgehead atoms. The smallest absolute Gasteiger partial charge is 0.338 e. The molecule has 4 rings (SSSR count). The van der Waals surface area contributed by atoms with Gasteiger partial charge in [0, 0.05) is 28.0 Å². The summed E-state index contributed by atoms with van der Waals surface area (Å²) in [7, 11) is -10.3. The molecular formula is C27H25N5O11S2. The second-order valence-corrected chi connectivity index (χ2v) is 12.4. The molecule has 0 spiro atoms. The van der Waals surface area contributed by atoms with Gasteiger partial charge in [-0.1, -0.05) is 24.0 Å². The molecule has 0 amide bonds. The van der Waals surface area contributed by atoms with E-state index in [1.54, 1.807) is 0 Å². The van der Waals surface area contributed by atoms with Gasteiger partial charge in [0.1, 0.15) is 0 Å². The SMILES string of the molecule is [N-]=[N+]=NCCCCCCOC(=O)c1ccc(-c2c3ccc(=N)c(S(=O)(=O)O)c-3oc3c(S(=O)(=O)O)c(N)ccc23)c(C(=O)O)c1. The van der Waals surface area contributed by atoms with Gasteiger partial charge in [-0.3, -0.25) is 14.5 Å². The van der Waals surface area contributed by atoms with Gasteiger partial charge < -0.3 is 20.0 Å². The largest absolute Gasteiger partial charge is 0.478 e. The number of nitrogens with zero attached hydrogens (tertiary/aromatic N) is 3. The monoisotopic (exact) mass is 659 g/mol. The van der Waals surface area contributed by atoms with Crippen LogP contribution in [-0.4, -0.2) is 56.1 Å². The Morgan fingerprint density at radius 3 is 2.27 bits per heavy atom. The Morgan fingerprint density at radius 2 is 1.62 bits per heavy atom. The second kappa shape index (κ2) is 12.9. The van der Waals surface area contributed by atoms with E-state index in [0.29, 0.717) is 25.8 Å². The van der Waals surface area contributed by atoms with Gasteiger partial charge in [0.15, 0.2) is 21.1 Å². The number of carboxylic acid groups (broad SMARTS) is 1. The molecule has 0 saturated carbocycles. The maximum atomic E-state index is 12.7. The van der Waals surface area contributed by atoms with E-state index >= 15 is 0 Å². The van der Waals surface area contributed by atoms with Crippen LogP contribution in [0.15, 0.2) is 61.8 Å². The number of nitrogens with one attached hydrogen (secondary N) is 1. The number of carbonyl (C=O) groups is 2. The predicted molar refractivity (Wildman–Crippen MR) is 158 cm³/mol. The topological polar surface area (TPSA) is 284 Å². The summed E-state index contributed by atoms with van der Waals surface area (Å²) in [6.07, 6.45) is 2.61. The van der Waals surface area contributed by atoms with Crippen molar-refractivity contribution in [3.05, 3.63) is 69.4 Å². The van der Waals surface area contributed by atoms with Gasteiger partial charge in [-0.15, -0.1) is 0 Å². The van der Waals surface area contributed by atoms with Crippen molar-refractivity contribution in [2.75, 3.05) is 18.9 Å². The Bertz CT molecular complexity index is 2140. The summed E-state index contributed by atoms with van der Waals surface area (Å²) in [6.45, 7) is 0.389. The van der Waals surface area contributed by atoms with Crippen molar-refractivity contribution >= 4 is 48.8 Å². The fourth-order valence-electron chi connectivity index (χ4n) is 4.79. The van der Waals surface area contributed by atoms with E-state index in [1.807, 2.05) is 0 Å². The maximum absolute atomic E-state index is 12.7. The quantitative estimate of drug-likeness (QED) is 0.0205. The minimum Gasteiger partial charge on any atom is -0.478 e. The number of nitrogens with two attached hydrogens (primary N) is 1. The van der Waals surface area contributed by atoms with Gasteiger partial charge in [-0.05, 0) is 60.3 Å². The lowest BCUT2D eigenvalue weighted by Gasteiger charge is -2.20. The summed E-state index contributed by atoms with van der Waals surface area (Å²) in [6, 6.07) is 8.03. The number of esters is 1. The molecule has 2 aromatic carbocycles. The van der Waals surface area contributed by atoms with E-state index in [1.165, 1.54) is 24.3 Å². The first-order valence-corrected chi connectivity index (χ1v) is 15.9. The molecular weight excluding hydrogens is 634 g/mol. The number of hydrogen-bond donors (Lipinski definition) is 5. The van der Waals surface area contributed by atoms with Crippen molar-refractivity contribution in [3.63, 3.8) is 0 Å². The van der Waals surface area contributed by atoms with Crippen molar-refractivity contribution in [2.24, 2.45) is 5.11 Å². The van der Waals surface area contributed by atoms with Crippen molar-refractivity contribution in [2.45, 2.75) is 35.5 Å². The summed E-state index contributed by atoms with van der Waals surface area (Å²) in [5.41, 5.74) is 11.9. The van der Waals surface area contributed by atoms with Crippen molar-refractivity contribution in [1.82, 2.24) is 0 Å². The minimum atomic E-state index is -5.17. The number of unbranched alkanes of at least 4 members (excludes halogenated alkanes) is 3. The molecule has 0 aromatic heterocycles. The number of carbonyl (C=O) groups excluding carboxylic acids is 1. The molecule has 2 aromatic rings. The molecule has 0 radical (unpaired) electrons. The van der Waals surface area contributed by atoms with E-state index in [4.69, 9.17) is 25.8 Å². The molecule has 1 aliphatic heterocycles. The van der Waals surface area contributed by atoms with Crippen LogP contribution in [0.5, 0.6) is 0 Å². The van der Waals surface area contributed by atoms with Gasteiger partial charge in [0.25, 0.3) is 20.2 Å². The van der Waals surface area contributed by atoms with Crippen LogP contribution in [0.25, 0.3) is 43.9 Å². The standard InChI is InChI=1S/C27H25N5O11S2/c28-19-9-7-16-21(17-8-10-20(29)25(45(39,40)41)23(17)43-22(16)24(19)44(36,37)38)15-6-5-14(13-18(15)26(33)34)27(35)42-12-4-2-1-3-11-31-32-30/h5-10,13,28H,1-4,11-12,29H2,(H,33,34)(H,36,37,38)(H,39,40,41).